The van der Waals surface area contributed by atoms with Gasteiger partial charge in [-0.15, -0.1) is 0 Å². The van der Waals surface area contributed by atoms with Crippen LogP contribution in [0.3, 0.4) is 0 Å². The minimum absolute atomic E-state index is 0.171. The van der Waals surface area contributed by atoms with Crippen molar-refractivity contribution in [3.05, 3.63) is 5.21 Å². The maximum atomic E-state index is 9.89. The first kappa shape index (κ1) is 4.07. The zero-order chi connectivity index (χ0) is 4.62. The van der Waals surface area contributed by atoms with Gasteiger partial charge in [-0.05, 0) is 8.50 Å². The molecule has 4 nitrogen and oxygen atoms in total. The molecule has 0 aromatic heterocycles. The van der Waals surface area contributed by atoms with Gasteiger partial charge in [-0.1, -0.05) is 0 Å². The fourth-order valence-corrected chi connectivity index (χ4v) is 0.204. The molecule has 34 valence electrons. The van der Waals surface area contributed by atoms with Gasteiger partial charge in [0.25, 0.3) is 0 Å². The molecule has 0 aromatic carbocycles. The number of hydrogen-bond donors (Lipinski definition) is 0. The third-order valence-electron chi connectivity index (χ3n) is 0.351. The summed E-state index contributed by atoms with van der Waals surface area (Å²) < 4.78 is 2.78. The third-order valence-corrected chi connectivity index (χ3v) is 0.880. The second-order valence-corrected chi connectivity index (χ2v) is 1.60. The van der Waals surface area contributed by atoms with E-state index >= 15 is 0 Å². The molecule has 1 amide bonds. The van der Waals surface area contributed by atoms with E-state index in [0.717, 1.165) is 0 Å². The highest BCUT2D eigenvalue weighted by atomic mass is 32.2. The van der Waals surface area contributed by atoms with Crippen molar-refractivity contribution in [2.24, 2.45) is 0 Å². The van der Waals surface area contributed by atoms with Crippen molar-refractivity contribution in [1.29, 1.82) is 0 Å². The van der Waals surface area contributed by atoms with Crippen LogP contribution in [0.1, 0.15) is 0 Å². The lowest BCUT2D eigenvalue weighted by atomic mass is 11.4. The lowest BCUT2D eigenvalue weighted by Gasteiger charge is -1.93. The maximum absolute atomic E-state index is 9.89. The van der Waals surface area contributed by atoms with Crippen molar-refractivity contribution < 1.29 is 13.3 Å². The standard InChI is InChI=1S/CHNO3S/c3-1-2(4)5-6-2/h1H. The maximum Gasteiger partial charge on any atom is 0.352 e. The summed E-state index contributed by atoms with van der Waals surface area (Å²) in [5, 5.41) is 9.89. The summed E-state index contributed by atoms with van der Waals surface area (Å²) in [5.74, 6) is 0. The average Bonchev–Trinajstić information content (AvgIpc) is 2.22. The Morgan fingerprint density at radius 3 is 2.50 bits per heavy atom. The van der Waals surface area contributed by atoms with Gasteiger partial charge in [0.1, 0.15) is 0 Å². The predicted octanol–water partition coefficient (Wildman–Crippen LogP) is -0.0342. The number of quaternary nitrogens is 1. The zero-order valence-corrected chi connectivity index (χ0v) is 3.47. The Morgan fingerprint density at radius 1 is 2.00 bits per heavy atom. The van der Waals surface area contributed by atoms with E-state index in [9.17, 15) is 10.0 Å². The molecule has 1 saturated heterocycles. The molecule has 1 fully saturated rings. The molecule has 0 N–H and O–H groups in total. The van der Waals surface area contributed by atoms with Gasteiger partial charge in [-0.25, -0.2) is 4.79 Å². The first-order valence-electron chi connectivity index (χ1n) is 1.21. The van der Waals surface area contributed by atoms with Crippen LogP contribution in [0.4, 0.5) is 0 Å². The number of rotatable bonds is 1. The molecular weight excluding hydrogens is 106 g/mol. The van der Waals surface area contributed by atoms with Gasteiger partial charge in [0.2, 0.25) is 0 Å². The van der Waals surface area contributed by atoms with Gasteiger partial charge in [-0.2, -0.15) is 0 Å². The first-order chi connectivity index (χ1) is 2.77. The van der Waals surface area contributed by atoms with Crippen molar-refractivity contribution in [2.45, 2.75) is 0 Å². The largest absolute Gasteiger partial charge is 0.576 e. The monoisotopic (exact) mass is 107 g/mol. The molecule has 0 radical (unpaired) electrons. The van der Waals surface area contributed by atoms with Crippen LogP contribution in [0, 0.1) is 5.21 Å². The van der Waals surface area contributed by atoms with E-state index in [1.165, 1.54) is 0 Å². The summed E-state index contributed by atoms with van der Waals surface area (Å²) in [6.07, 6.45) is 0.171. The van der Waals surface area contributed by atoms with Gasteiger partial charge in [0, 0.05) is 0 Å². The highest BCUT2D eigenvalue weighted by molar-refractivity contribution is 7.93. The Labute approximate surface area is 38.1 Å². The van der Waals surface area contributed by atoms with Crippen molar-refractivity contribution in [3.63, 3.8) is 0 Å². The molecule has 1 aliphatic heterocycles. The quantitative estimate of drug-likeness (QED) is 0.118. The molecule has 0 spiro atoms. The Bertz CT molecular complexity index is 78.9. The van der Waals surface area contributed by atoms with Gasteiger partial charge < -0.3 is 5.21 Å². The van der Waals surface area contributed by atoms with Crippen LogP contribution >= 0.6 is 12.2 Å². The second kappa shape index (κ2) is 0.941. The number of carbonyl (C=O) groups excluding carboxylic acids is 1. The molecule has 1 rings (SSSR count). The number of carbonyl (C=O) groups is 1. The van der Waals surface area contributed by atoms with Crippen LogP contribution in [0.2, 0.25) is 0 Å². The van der Waals surface area contributed by atoms with Crippen LogP contribution in [-0.2, 0) is 9.08 Å². The molecule has 6 heavy (non-hydrogen) atoms. The molecule has 0 saturated carbocycles. The van der Waals surface area contributed by atoms with Gasteiger partial charge >= 0.3 is 18.6 Å². The van der Waals surface area contributed by atoms with E-state index in [0.29, 0.717) is 12.2 Å². The van der Waals surface area contributed by atoms with Crippen LogP contribution in [0.15, 0.2) is 0 Å². The summed E-state index contributed by atoms with van der Waals surface area (Å²) in [6.45, 7) is 0. The molecular formula is CHNO3S. The van der Waals surface area contributed by atoms with Crippen LogP contribution in [0.5, 0.6) is 0 Å². The molecule has 1 unspecified atom stereocenters. The van der Waals surface area contributed by atoms with Gasteiger partial charge in [0.05, 0.1) is 0 Å². The van der Waals surface area contributed by atoms with Crippen LogP contribution in [-0.4, -0.2) is 10.6 Å². The van der Waals surface area contributed by atoms with E-state index in [1.807, 2.05) is 0 Å². The molecule has 0 aromatic rings. The smallest absolute Gasteiger partial charge is 0.352 e. The Kier molecular flexibility index (Phi) is 0.638. The number of hydrogen-bond acceptors (Lipinski definition) is 4. The second-order valence-electron chi connectivity index (χ2n) is 0.794. The summed E-state index contributed by atoms with van der Waals surface area (Å²) in [7, 11) is 0. The molecule has 1 heterocycles. The number of amides is 1. The SMILES string of the molecule is O=C[N+]1([O-])OS1. The lowest BCUT2D eigenvalue weighted by molar-refractivity contribution is -0.750. The highest BCUT2D eigenvalue weighted by Crippen LogP contribution is 2.39. The average molecular weight is 107 g/mol. The molecule has 0 aliphatic carbocycles. The summed E-state index contributed by atoms with van der Waals surface area (Å²) in [5.41, 5.74) is 0. The lowest BCUT2D eigenvalue weighted by Crippen LogP contribution is -2.07. The minimum Gasteiger partial charge on any atom is -0.576 e. The fraction of sp³-hybridized carbons (Fsp3) is 0. The number of nitrogens with zero attached hydrogens (tertiary/aromatic N) is 1. The van der Waals surface area contributed by atoms with Crippen molar-refractivity contribution in [2.75, 3.05) is 0 Å². The van der Waals surface area contributed by atoms with Crippen molar-refractivity contribution in [1.82, 2.24) is 0 Å². The molecule has 0 bridgehead atoms. The first-order valence-corrected chi connectivity index (χ1v) is 1.91. The fourth-order valence-electron chi connectivity index (χ4n) is 0.0680. The van der Waals surface area contributed by atoms with E-state index in [2.05, 4.69) is 4.28 Å². The predicted molar refractivity (Wildman–Crippen MR) is 18.4 cm³/mol. The van der Waals surface area contributed by atoms with Crippen molar-refractivity contribution >= 4 is 18.6 Å². The normalized spacial score (nSPS) is 42.2. The Hall–Kier alpha value is -0.100. The highest BCUT2D eigenvalue weighted by Gasteiger charge is 2.42. The van der Waals surface area contributed by atoms with E-state index in [4.69, 9.17) is 0 Å². The Balaban J connectivity index is 2.47. The molecule has 1 atom stereocenters. The van der Waals surface area contributed by atoms with Gasteiger partial charge in [-0.3, -0.25) is 0 Å². The Morgan fingerprint density at radius 2 is 2.50 bits per heavy atom. The van der Waals surface area contributed by atoms with Crippen molar-refractivity contribution in [3.8, 4) is 0 Å². The zero-order valence-electron chi connectivity index (χ0n) is 2.66. The summed E-state index contributed by atoms with van der Waals surface area (Å²) in [6, 6.07) is 0. The topological polar surface area (TPSA) is 52.7 Å². The van der Waals surface area contributed by atoms with E-state index in [-0.39, 0.29) is 6.41 Å². The van der Waals surface area contributed by atoms with Gasteiger partial charge in [0.15, 0.2) is 0 Å². The van der Waals surface area contributed by atoms with Crippen LogP contribution in [0.25, 0.3) is 0 Å². The third kappa shape index (κ3) is 0.526. The summed E-state index contributed by atoms with van der Waals surface area (Å²) in [4.78, 5) is 9.40. The number of hydroxylamine groups is 2. The molecule has 1 aliphatic rings. The van der Waals surface area contributed by atoms with E-state index in [1.54, 1.807) is 0 Å². The van der Waals surface area contributed by atoms with E-state index < -0.39 is 4.21 Å². The molecule has 5 heteroatoms. The summed E-state index contributed by atoms with van der Waals surface area (Å²) >= 11 is 0.584. The minimum atomic E-state index is -1.19. The van der Waals surface area contributed by atoms with Crippen LogP contribution < -0.4 is 0 Å².